The highest BCUT2D eigenvalue weighted by Gasteiger charge is 2.27. The van der Waals surface area contributed by atoms with E-state index < -0.39 is 21.8 Å². The number of nitrogens with zero attached hydrogens (tertiary/aromatic N) is 2. The number of aliphatic carboxylic acids is 1. The van der Waals surface area contributed by atoms with E-state index in [4.69, 9.17) is 0 Å². The number of rotatable bonds is 5. The van der Waals surface area contributed by atoms with Gasteiger partial charge < -0.3 is 9.67 Å². The van der Waals surface area contributed by atoms with Gasteiger partial charge >= 0.3 is 5.97 Å². The molecule has 7 heteroatoms. The number of hydrogen-bond acceptors (Lipinski definition) is 4. The molecule has 6 nitrogen and oxygen atoms in total. The third-order valence-electron chi connectivity index (χ3n) is 3.63. The van der Waals surface area contributed by atoms with Crippen molar-refractivity contribution in [3.63, 3.8) is 0 Å². The van der Waals surface area contributed by atoms with Crippen molar-refractivity contribution in [2.45, 2.75) is 43.2 Å². The Morgan fingerprint density at radius 1 is 1.53 bits per heavy atom. The summed E-state index contributed by atoms with van der Waals surface area (Å²) in [7, 11) is -3.39. The third kappa shape index (κ3) is 3.34. The van der Waals surface area contributed by atoms with Crippen LogP contribution in [0.5, 0.6) is 0 Å². The number of sulfone groups is 1. The molecule has 1 aliphatic carbocycles. The van der Waals surface area contributed by atoms with Crippen LogP contribution in [0, 0.1) is 5.92 Å². The van der Waals surface area contributed by atoms with E-state index >= 15 is 0 Å². The summed E-state index contributed by atoms with van der Waals surface area (Å²) in [6.45, 7) is 0. The van der Waals surface area contributed by atoms with Gasteiger partial charge in [-0.1, -0.05) is 25.7 Å². The van der Waals surface area contributed by atoms with E-state index in [9.17, 15) is 18.3 Å². The van der Waals surface area contributed by atoms with Crippen LogP contribution in [0.15, 0.2) is 17.6 Å². The van der Waals surface area contributed by atoms with Gasteiger partial charge in [0, 0.05) is 12.5 Å². The SMILES string of the molecule is CS(=O)(=O)c1cn(C(CC2CCCC2)C(=O)O)cn1. The number of aromatic nitrogens is 2. The molecule has 106 valence electrons. The van der Waals surface area contributed by atoms with Gasteiger partial charge in [0.1, 0.15) is 6.04 Å². The Kier molecular flexibility index (Phi) is 3.93. The molecule has 0 bridgehead atoms. The molecule has 1 fully saturated rings. The summed E-state index contributed by atoms with van der Waals surface area (Å²) >= 11 is 0. The summed E-state index contributed by atoms with van der Waals surface area (Å²) in [5.41, 5.74) is 0. The number of imidazole rings is 1. The molecule has 1 heterocycles. The lowest BCUT2D eigenvalue weighted by Gasteiger charge is -2.17. The van der Waals surface area contributed by atoms with E-state index in [1.165, 1.54) is 17.1 Å². The minimum absolute atomic E-state index is 0.0785. The number of hydrogen-bond donors (Lipinski definition) is 1. The van der Waals surface area contributed by atoms with Gasteiger partial charge in [-0.2, -0.15) is 0 Å². The third-order valence-corrected chi connectivity index (χ3v) is 4.60. The van der Waals surface area contributed by atoms with Crippen LogP contribution < -0.4 is 0 Å². The van der Waals surface area contributed by atoms with E-state index in [0.717, 1.165) is 31.9 Å². The summed E-state index contributed by atoms with van der Waals surface area (Å²) in [5.74, 6) is -0.533. The number of carbonyl (C=O) groups is 1. The van der Waals surface area contributed by atoms with Crippen molar-refractivity contribution in [3.8, 4) is 0 Å². The van der Waals surface area contributed by atoms with E-state index in [1.807, 2.05) is 0 Å². The molecule has 0 aromatic carbocycles. The molecular formula is C12H18N2O4S. The first-order chi connectivity index (χ1) is 8.88. The van der Waals surface area contributed by atoms with Gasteiger partial charge in [0.05, 0.1) is 6.33 Å². The Bertz CT molecular complexity index is 558. The molecule has 1 aromatic rings. The Hall–Kier alpha value is -1.37. The first kappa shape index (κ1) is 14.0. The monoisotopic (exact) mass is 286 g/mol. The van der Waals surface area contributed by atoms with Crippen molar-refractivity contribution in [3.05, 3.63) is 12.5 Å². The second-order valence-electron chi connectivity index (χ2n) is 5.17. The van der Waals surface area contributed by atoms with E-state index in [1.54, 1.807) is 0 Å². The lowest BCUT2D eigenvalue weighted by molar-refractivity contribution is -0.141. The van der Waals surface area contributed by atoms with Gasteiger partial charge in [0.25, 0.3) is 0 Å². The van der Waals surface area contributed by atoms with Crippen molar-refractivity contribution in [2.75, 3.05) is 6.26 Å². The highest BCUT2D eigenvalue weighted by atomic mass is 32.2. The van der Waals surface area contributed by atoms with E-state index in [2.05, 4.69) is 4.98 Å². The molecule has 1 aliphatic rings. The molecule has 1 aromatic heterocycles. The summed E-state index contributed by atoms with van der Waals surface area (Å²) in [6.07, 6.45) is 8.61. The first-order valence-corrected chi connectivity index (χ1v) is 8.23. The molecule has 1 N–H and O–H groups in total. The highest BCUT2D eigenvalue weighted by molar-refractivity contribution is 7.90. The molecule has 1 atom stereocenters. The van der Waals surface area contributed by atoms with Crippen LogP contribution in [-0.4, -0.2) is 35.3 Å². The molecule has 2 rings (SSSR count). The van der Waals surface area contributed by atoms with Crippen molar-refractivity contribution < 1.29 is 18.3 Å². The molecule has 1 saturated carbocycles. The van der Waals surface area contributed by atoms with Crippen LogP contribution in [0.4, 0.5) is 0 Å². The van der Waals surface area contributed by atoms with Crippen LogP contribution in [0.1, 0.15) is 38.1 Å². The Morgan fingerprint density at radius 3 is 2.63 bits per heavy atom. The lowest BCUT2D eigenvalue weighted by Crippen LogP contribution is -2.20. The maximum absolute atomic E-state index is 11.4. The minimum atomic E-state index is -3.39. The van der Waals surface area contributed by atoms with Gasteiger partial charge in [-0.3, -0.25) is 0 Å². The van der Waals surface area contributed by atoms with Gasteiger partial charge in [0.2, 0.25) is 0 Å². The fourth-order valence-corrected chi connectivity index (χ4v) is 3.14. The summed E-state index contributed by atoms with van der Waals surface area (Å²) in [6, 6.07) is -0.730. The zero-order valence-electron chi connectivity index (χ0n) is 10.8. The fourth-order valence-electron chi connectivity index (χ4n) is 2.59. The maximum atomic E-state index is 11.4. The Morgan fingerprint density at radius 2 is 2.16 bits per heavy atom. The molecule has 19 heavy (non-hydrogen) atoms. The molecule has 0 saturated heterocycles. The largest absolute Gasteiger partial charge is 0.480 e. The van der Waals surface area contributed by atoms with Crippen LogP contribution in [0.3, 0.4) is 0 Å². The number of carboxylic acids is 1. The molecule has 0 aliphatic heterocycles. The predicted molar refractivity (Wildman–Crippen MR) is 68.6 cm³/mol. The normalized spacial score (nSPS) is 18.6. The van der Waals surface area contributed by atoms with Crippen molar-refractivity contribution >= 4 is 15.8 Å². The minimum Gasteiger partial charge on any atom is -0.480 e. The second-order valence-corrected chi connectivity index (χ2v) is 7.13. The Labute approximate surface area is 112 Å². The quantitative estimate of drug-likeness (QED) is 0.885. The summed E-state index contributed by atoms with van der Waals surface area (Å²) < 4.78 is 24.1. The highest BCUT2D eigenvalue weighted by Crippen LogP contribution is 2.32. The zero-order chi connectivity index (χ0) is 14.0. The van der Waals surface area contributed by atoms with Gasteiger partial charge in [-0.25, -0.2) is 18.2 Å². The van der Waals surface area contributed by atoms with Crippen LogP contribution >= 0.6 is 0 Å². The maximum Gasteiger partial charge on any atom is 0.326 e. The van der Waals surface area contributed by atoms with Gasteiger partial charge in [-0.15, -0.1) is 0 Å². The standard InChI is InChI=1S/C12H18N2O4S/c1-19(17,18)11-7-14(8-13-11)10(12(15)16)6-9-4-2-3-5-9/h7-10H,2-6H2,1H3,(H,15,16). The van der Waals surface area contributed by atoms with Crippen molar-refractivity contribution in [1.82, 2.24) is 9.55 Å². The summed E-state index contributed by atoms with van der Waals surface area (Å²) in [5, 5.41) is 9.22. The molecule has 0 amide bonds. The van der Waals surface area contributed by atoms with Crippen molar-refractivity contribution in [2.24, 2.45) is 5.92 Å². The molecular weight excluding hydrogens is 268 g/mol. The zero-order valence-corrected chi connectivity index (χ0v) is 11.6. The molecule has 1 unspecified atom stereocenters. The van der Waals surface area contributed by atoms with E-state index in [-0.39, 0.29) is 5.03 Å². The lowest BCUT2D eigenvalue weighted by atomic mass is 9.98. The van der Waals surface area contributed by atoms with Gasteiger partial charge in [0.15, 0.2) is 14.9 Å². The second kappa shape index (κ2) is 5.32. The molecule has 0 spiro atoms. The van der Waals surface area contributed by atoms with Crippen LogP contribution in [-0.2, 0) is 14.6 Å². The van der Waals surface area contributed by atoms with E-state index in [0.29, 0.717) is 12.3 Å². The number of carboxylic acid groups (broad SMARTS) is 1. The predicted octanol–water partition coefficient (Wildman–Crippen LogP) is 1.49. The Balaban J connectivity index is 2.19. The van der Waals surface area contributed by atoms with Crippen molar-refractivity contribution in [1.29, 1.82) is 0 Å². The summed E-state index contributed by atoms with van der Waals surface area (Å²) in [4.78, 5) is 15.1. The van der Waals surface area contributed by atoms with Crippen LogP contribution in [0.25, 0.3) is 0 Å². The molecule has 0 radical (unpaired) electrons. The first-order valence-electron chi connectivity index (χ1n) is 6.34. The fraction of sp³-hybridized carbons (Fsp3) is 0.667. The van der Waals surface area contributed by atoms with Gasteiger partial charge in [-0.05, 0) is 12.3 Å². The topological polar surface area (TPSA) is 89.3 Å². The smallest absolute Gasteiger partial charge is 0.326 e. The average Bonchev–Trinajstić information content (AvgIpc) is 2.95. The average molecular weight is 286 g/mol. The van der Waals surface area contributed by atoms with Crippen LogP contribution in [0.2, 0.25) is 0 Å².